The molecule has 0 aliphatic heterocycles. The van der Waals surface area contributed by atoms with E-state index in [4.69, 9.17) is 27.9 Å². The molecule has 0 saturated carbocycles. The summed E-state index contributed by atoms with van der Waals surface area (Å²) >= 11 is 13.7. The zero-order valence-electron chi connectivity index (χ0n) is 15.8. The zero-order chi connectivity index (χ0) is 20.1. The molecule has 146 valence electrons. The summed E-state index contributed by atoms with van der Waals surface area (Å²) in [6.07, 6.45) is 1.83. The van der Waals surface area contributed by atoms with Gasteiger partial charge in [0.25, 0.3) is 0 Å². The Morgan fingerprint density at radius 1 is 1.11 bits per heavy atom. The first-order chi connectivity index (χ1) is 13.5. The minimum atomic E-state index is 0.346. The summed E-state index contributed by atoms with van der Waals surface area (Å²) < 4.78 is 8.01. The molecule has 28 heavy (non-hydrogen) atoms. The van der Waals surface area contributed by atoms with Gasteiger partial charge in [-0.1, -0.05) is 59.2 Å². The van der Waals surface area contributed by atoms with Crippen molar-refractivity contribution >= 4 is 35.0 Å². The van der Waals surface area contributed by atoms with Gasteiger partial charge in [0.05, 0.1) is 10.0 Å². The van der Waals surface area contributed by atoms with E-state index in [1.165, 1.54) is 0 Å². The molecule has 7 heteroatoms. The van der Waals surface area contributed by atoms with Crippen LogP contribution in [0.1, 0.15) is 22.5 Å². The Bertz CT molecular complexity index is 988. The summed E-state index contributed by atoms with van der Waals surface area (Å²) in [5.41, 5.74) is 3.32. The molecule has 0 aliphatic carbocycles. The van der Waals surface area contributed by atoms with Crippen molar-refractivity contribution < 1.29 is 4.74 Å². The third-order valence-electron chi connectivity index (χ3n) is 4.16. The highest BCUT2D eigenvalue weighted by molar-refractivity contribution is 7.98. The first kappa shape index (κ1) is 20.8. The molecule has 0 bridgehead atoms. The highest BCUT2D eigenvalue weighted by Gasteiger charge is 2.13. The van der Waals surface area contributed by atoms with Gasteiger partial charge < -0.3 is 4.74 Å². The molecule has 0 unspecified atom stereocenters. The van der Waals surface area contributed by atoms with E-state index in [1.807, 2.05) is 42.7 Å². The van der Waals surface area contributed by atoms with Crippen LogP contribution in [0.4, 0.5) is 0 Å². The van der Waals surface area contributed by atoms with Gasteiger partial charge in [-0.3, -0.25) is 4.57 Å². The largest absolute Gasteiger partial charge is 0.485 e. The van der Waals surface area contributed by atoms with E-state index in [9.17, 15) is 0 Å². The lowest BCUT2D eigenvalue weighted by Crippen LogP contribution is -2.08. The average molecular weight is 434 g/mol. The number of halogens is 2. The number of allylic oxidation sites excluding steroid dienone is 1. The van der Waals surface area contributed by atoms with Crippen molar-refractivity contribution in [2.75, 3.05) is 0 Å². The molecule has 0 atom stereocenters. The van der Waals surface area contributed by atoms with Crippen molar-refractivity contribution in [1.29, 1.82) is 0 Å². The third kappa shape index (κ3) is 5.10. The Balaban J connectivity index is 1.72. The number of rotatable bonds is 8. The number of thioether (sulfide) groups is 1. The van der Waals surface area contributed by atoms with Crippen LogP contribution in [0.25, 0.3) is 0 Å². The molecular formula is C21H21Cl2N3OS. The first-order valence-electron chi connectivity index (χ1n) is 8.77. The van der Waals surface area contributed by atoms with Crippen LogP contribution in [0, 0.1) is 13.8 Å². The van der Waals surface area contributed by atoms with Crippen LogP contribution in [0.2, 0.25) is 10.0 Å². The van der Waals surface area contributed by atoms with Gasteiger partial charge in [-0.2, -0.15) is 0 Å². The summed E-state index contributed by atoms with van der Waals surface area (Å²) in [6, 6.07) is 11.8. The molecule has 1 heterocycles. The number of benzene rings is 2. The lowest BCUT2D eigenvalue weighted by molar-refractivity contribution is 0.287. The van der Waals surface area contributed by atoms with Crippen molar-refractivity contribution in [3.63, 3.8) is 0 Å². The van der Waals surface area contributed by atoms with Gasteiger partial charge in [-0.25, -0.2) is 0 Å². The Morgan fingerprint density at radius 2 is 1.93 bits per heavy atom. The van der Waals surface area contributed by atoms with Crippen LogP contribution < -0.4 is 4.74 Å². The van der Waals surface area contributed by atoms with Crippen LogP contribution in [0.5, 0.6) is 5.75 Å². The van der Waals surface area contributed by atoms with E-state index < -0.39 is 0 Å². The number of nitrogens with zero attached hydrogens (tertiary/aromatic N) is 3. The Hall–Kier alpha value is -1.95. The van der Waals surface area contributed by atoms with Crippen LogP contribution in [0.15, 0.2) is 54.2 Å². The Morgan fingerprint density at radius 3 is 2.68 bits per heavy atom. The molecule has 0 N–H and O–H groups in total. The van der Waals surface area contributed by atoms with Crippen molar-refractivity contribution in [3.05, 3.63) is 81.6 Å². The van der Waals surface area contributed by atoms with E-state index in [0.717, 1.165) is 33.4 Å². The lowest BCUT2D eigenvalue weighted by atomic mass is 10.1. The topological polar surface area (TPSA) is 39.9 Å². The molecule has 0 radical (unpaired) electrons. The number of aromatic nitrogens is 3. The minimum absolute atomic E-state index is 0.346. The van der Waals surface area contributed by atoms with E-state index in [1.54, 1.807) is 17.8 Å². The predicted molar refractivity (Wildman–Crippen MR) is 116 cm³/mol. The number of ether oxygens (including phenoxy) is 1. The summed E-state index contributed by atoms with van der Waals surface area (Å²) in [7, 11) is 0. The molecule has 0 spiro atoms. The van der Waals surface area contributed by atoms with E-state index >= 15 is 0 Å². The molecule has 0 aliphatic rings. The predicted octanol–water partition coefficient (Wildman–Crippen LogP) is 6.26. The average Bonchev–Trinajstić information content (AvgIpc) is 3.05. The molecule has 0 fully saturated rings. The van der Waals surface area contributed by atoms with E-state index in [0.29, 0.717) is 28.9 Å². The van der Waals surface area contributed by atoms with Gasteiger partial charge in [0.1, 0.15) is 12.4 Å². The molecule has 0 saturated heterocycles. The van der Waals surface area contributed by atoms with Crippen LogP contribution in [-0.2, 0) is 18.9 Å². The molecular weight excluding hydrogens is 413 g/mol. The Kier molecular flexibility index (Phi) is 7.05. The van der Waals surface area contributed by atoms with Crippen LogP contribution >= 0.6 is 35.0 Å². The van der Waals surface area contributed by atoms with Gasteiger partial charge >= 0.3 is 0 Å². The highest BCUT2D eigenvalue weighted by Crippen LogP contribution is 2.28. The van der Waals surface area contributed by atoms with Crippen molar-refractivity contribution in [2.45, 2.75) is 37.9 Å². The second-order valence-electron chi connectivity index (χ2n) is 6.39. The molecule has 4 nitrogen and oxygen atoms in total. The number of aryl methyl sites for hydroxylation is 2. The van der Waals surface area contributed by atoms with E-state index in [2.05, 4.69) is 28.9 Å². The standard InChI is InChI=1S/C21H21Cl2N3OS/c1-4-9-26-20(12-27-19-10-14(2)5-6-15(19)3)24-25-21(26)28-13-16-7-8-17(22)18(23)11-16/h4-8,10-11H,1,9,12-13H2,2-3H3. The van der Waals surface area contributed by atoms with Crippen LogP contribution in [0.3, 0.4) is 0 Å². The fourth-order valence-electron chi connectivity index (χ4n) is 2.63. The maximum atomic E-state index is 6.10. The van der Waals surface area contributed by atoms with Gasteiger partial charge in [-0.05, 0) is 48.7 Å². The van der Waals surface area contributed by atoms with Crippen molar-refractivity contribution in [1.82, 2.24) is 14.8 Å². The third-order valence-corrected chi connectivity index (χ3v) is 5.93. The summed E-state index contributed by atoms with van der Waals surface area (Å²) in [6.45, 7) is 8.88. The number of hydrogen-bond donors (Lipinski definition) is 0. The molecule has 0 amide bonds. The summed E-state index contributed by atoms with van der Waals surface area (Å²) in [5, 5.41) is 10.6. The fraction of sp³-hybridized carbons (Fsp3) is 0.238. The highest BCUT2D eigenvalue weighted by atomic mass is 35.5. The van der Waals surface area contributed by atoms with Gasteiger partial charge in [-0.15, -0.1) is 16.8 Å². The minimum Gasteiger partial charge on any atom is -0.485 e. The van der Waals surface area contributed by atoms with Crippen molar-refractivity contribution in [3.8, 4) is 5.75 Å². The first-order valence-corrected chi connectivity index (χ1v) is 10.5. The lowest BCUT2D eigenvalue weighted by Gasteiger charge is -2.11. The second kappa shape index (κ2) is 9.50. The van der Waals surface area contributed by atoms with Gasteiger partial charge in [0.2, 0.25) is 0 Å². The normalized spacial score (nSPS) is 10.9. The Labute approximate surface area is 179 Å². The van der Waals surface area contributed by atoms with Crippen molar-refractivity contribution in [2.24, 2.45) is 0 Å². The molecule has 3 rings (SSSR count). The smallest absolute Gasteiger partial charge is 0.191 e. The van der Waals surface area contributed by atoms with E-state index in [-0.39, 0.29) is 0 Å². The van der Waals surface area contributed by atoms with Gasteiger partial charge in [0, 0.05) is 12.3 Å². The molecule has 3 aromatic rings. The van der Waals surface area contributed by atoms with Crippen LogP contribution in [-0.4, -0.2) is 14.8 Å². The quantitative estimate of drug-likeness (QED) is 0.310. The molecule has 2 aromatic carbocycles. The second-order valence-corrected chi connectivity index (χ2v) is 8.15. The summed E-state index contributed by atoms with van der Waals surface area (Å²) in [4.78, 5) is 0. The SMILES string of the molecule is C=CCn1c(COc2cc(C)ccc2C)nnc1SCc1ccc(Cl)c(Cl)c1. The number of hydrogen-bond acceptors (Lipinski definition) is 4. The maximum absolute atomic E-state index is 6.10. The zero-order valence-corrected chi connectivity index (χ0v) is 18.1. The van der Waals surface area contributed by atoms with Gasteiger partial charge in [0.15, 0.2) is 11.0 Å². The molecule has 1 aromatic heterocycles. The maximum Gasteiger partial charge on any atom is 0.191 e. The monoisotopic (exact) mass is 433 g/mol. The summed E-state index contributed by atoms with van der Waals surface area (Å²) in [5.74, 6) is 2.33. The fourth-order valence-corrected chi connectivity index (χ4v) is 3.86.